The Kier molecular flexibility index (Phi) is 1.51. The molecule has 1 aliphatic rings. The van der Waals surface area contributed by atoms with Crippen LogP contribution in [0.5, 0.6) is 0 Å². The third-order valence-electron chi connectivity index (χ3n) is 2.32. The second kappa shape index (κ2) is 2.29. The van der Waals surface area contributed by atoms with E-state index in [0.29, 0.717) is 5.54 Å². The van der Waals surface area contributed by atoms with E-state index >= 15 is 0 Å². The molecule has 1 saturated carbocycles. The van der Waals surface area contributed by atoms with Gasteiger partial charge in [0.1, 0.15) is 0 Å². The SMILES string of the molecule is CNC1(c2cnc(C)s2)CC1. The van der Waals surface area contributed by atoms with Crippen molar-refractivity contribution >= 4 is 11.3 Å². The molecule has 0 atom stereocenters. The van der Waals surface area contributed by atoms with Crippen LogP contribution in [0.2, 0.25) is 0 Å². The molecule has 1 aromatic heterocycles. The molecule has 2 rings (SSSR count). The standard InChI is InChI=1S/C8H12N2S/c1-6-10-5-7(11-6)8(9-2)3-4-8/h5,9H,3-4H2,1-2H3. The summed E-state index contributed by atoms with van der Waals surface area (Å²) < 4.78 is 0. The molecule has 1 fully saturated rings. The molecule has 0 radical (unpaired) electrons. The molecule has 0 amide bonds. The Labute approximate surface area is 70.7 Å². The summed E-state index contributed by atoms with van der Waals surface area (Å²) in [5.74, 6) is 0. The molecule has 3 heteroatoms. The summed E-state index contributed by atoms with van der Waals surface area (Å²) >= 11 is 1.81. The summed E-state index contributed by atoms with van der Waals surface area (Å²) in [7, 11) is 2.03. The van der Waals surface area contributed by atoms with Gasteiger partial charge in [0.15, 0.2) is 0 Å². The summed E-state index contributed by atoms with van der Waals surface area (Å²) in [6.45, 7) is 2.06. The molecule has 0 spiro atoms. The topological polar surface area (TPSA) is 24.9 Å². The highest BCUT2D eigenvalue weighted by Gasteiger charge is 2.44. The van der Waals surface area contributed by atoms with Crippen LogP contribution < -0.4 is 5.32 Å². The van der Waals surface area contributed by atoms with Crippen molar-refractivity contribution in [3.8, 4) is 0 Å². The van der Waals surface area contributed by atoms with Crippen molar-refractivity contribution in [2.75, 3.05) is 7.05 Å². The zero-order valence-corrected chi connectivity index (χ0v) is 7.66. The maximum Gasteiger partial charge on any atom is 0.0897 e. The van der Waals surface area contributed by atoms with Gasteiger partial charge in [0.25, 0.3) is 0 Å². The van der Waals surface area contributed by atoms with Crippen molar-refractivity contribution < 1.29 is 0 Å². The summed E-state index contributed by atoms with van der Waals surface area (Å²) in [5.41, 5.74) is 0.311. The van der Waals surface area contributed by atoms with Gasteiger partial charge in [0.05, 0.1) is 10.5 Å². The van der Waals surface area contributed by atoms with Gasteiger partial charge in [0.2, 0.25) is 0 Å². The van der Waals surface area contributed by atoms with Crippen LogP contribution in [-0.4, -0.2) is 12.0 Å². The molecule has 60 valence electrons. The van der Waals surface area contributed by atoms with E-state index in [0.717, 1.165) is 0 Å². The smallest absolute Gasteiger partial charge is 0.0897 e. The van der Waals surface area contributed by atoms with Crippen molar-refractivity contribution in [2.45, 2.75) is 25.3 Å². The molecule has 0 bridgehead atoms. The van der Waals surface area contributed by atoms with Gasteiger partial charge in [-0.3, -0.25) is 0 Å². The minimum absolute atomic E-state index is 0.311. The molecule has 1 N–H and O–H groups in total. The lowest BCUT2D eigenvalue weighted by atomic mass is 10.2. The Morgan fingerprint density at radius 2 is 2.36 bits per heavy atom. The summed E-state index contributed by atoms with van der Waals surface area (Å²) in [5, 5.41) is 4.52. The molecule has 2 nitrogen and oxygen atoms in total. The number of hydrogen-bond donors (Lipinski definition) is 1. The van der Waals surface area contributed by atoms with Crippen LogP contribution in [0.25, 0.3) is 0 Å². The van der Waals surface area contributed by atoms with Gasteiger partial charge >= 0.3 is 0 Å². The number of aromatic nitrogens is 1. The van der Waals surface area contributed by atoms with Gasteiger partial charge in [-0.1, -0.05) is 0 Å². The van der Waals surface area contributed by atoms with Gasteiger partial charge in [-0.15, -0.1) is 11.3 Å². The number of rotatable bonds is 2. The largest absolute Gasteiger partial charge is 0.310 e. The first kappa shape index (κ1) is 7.25. The predicted molar refractivity (Wildman–Crippen MR) is 46.8 cm³/mol. The van der Waals surface area contributed by atoms with Crippen LogP contribution in [-0.2, 0) is 5.54 Å². The average Bonchev–Trinajstić information content (AvgIpc) is 2.70. The molecule has 1 heterocycles. The Balaban J connectivity index is 2.29. The van der Waals surface area contributed by atoms with Crippen LogP contribution in [0, 0.1) is 6.92 Å². The quantitative estimate of drug-likeness (QED) is 0.726. The molecule has 11 heavy (non-hydrogen) atoms. The molecule has 0 aliphatic heterocycles. The van der Waals surface area contributed by atoms with E-state index in [2.05, 4.69) is 17.2 Å². The highest BCUT2D eigenvalue weighted by atomic mass is 32.1. The van der Waals surface area contributed by atoms with Crippen LogP contribution >= 0.6 is 11.3 Å². The lowest BCUT2D eigenvalue weighted by Gasteiger charge is -2.09. The number of nitrogens with zero attached hydrogens (tertiary/aromatic N) is 1. The number of thiazole rings is 1. The number of hydrogen-bond acceptors (Lipinski definition) is 3. The summed E-state index contributed by atoms with van der Waals surface area (Å²) in [6, 6.07) is 0. The molecule has 0 saturated heterocycles. The molecule has 1 aromatic rings. The zero-order valence-electron chi connectivity index (χ0n) is 6.85. The Hall–Kier alpha value is -0.410. The van der Waals surface area contributed by atoms with E-state index in [9.17, 15) is 0 Å². The van der Waals surface area contributed by atoms with E-state index in [1.165, 1.54) is 22.7 Å². The second-order valence-corrected chi connectivity index (χ2v) is 4.31. The van der Waals surface area contributed by atoms with Crippen molar-refractivity contribution in [1.82, 2.24) is 10.3 Å². The Morgan fingerprint density at radius 3 is 2.73 bits per heavy atom. The average molecular weight is 168 g/mol. The van der Waals surface area contributed by atoms with Gasteiger partial charge in [-0.05, 0) is 26.8 Å². The molecule has 0 aromatic carbocycles. The van der Waals surface area contributed by atoms with Crippen LogP contribution in [0.1, 0.15) is 22.7 Å². The lowest BCUT2D eigenvalue weighted by molar-refractivity contribution is 0.596. The van der Waals surface area contributed by atoms with Crippen LogP contribution in [0.4, 0.5) is 0 Å². The van der Waals surface area contributed by atoms with Gasteiger partial charge in [0, 0.05) is 11.1 Å². The first-order chi connectivity index (χ1) is 5.27. The van der Waals surface area contributed by atoms with Crippen molar-refractivity contribution in [2.24, 2.45) is 0 Å². The van der Waals surface area contributed by atoms with Gasteiger partial charge < -0.3 is 5.32 Å². The normalized spacial score (nSPS) is 20.2. The highest BCUT2D eigenvalue weighted by molar-refractivity contribution is 7.11. The Morgan fingerprint density at radius 1 is 1.64 bits per heavy atom. The van der Waals surface area contributed by atoms with Crippen LogP contribution in [0.3, 0.4) is 0 Å². The lowest BCUT2D eigenvalue weighted by Crippen LogP contribution is -2.23. The summed E-state index contributed by atoms with van der Waals surface area (Å²) in [4.78, 5) is 5.65. The van der Waals surface area contributed by atoms with Crippen molar-refractivity contribution in [1.29, 1.82) is 0 Å². The van der Waals surface area contributed by atoms with Crippen molar-refractivity contribution in [3.63, 3.8) is 0 Å². The maximum absolute atomic E-state index is 4.25. The van der Waals surface area contributed by atoms with Crippen molar-refractivity contribution in [3.05, 3.63) is 16.1 Å². The molecular weight excluding hydrogens is 156 g/mol. The predicted octanol–water partition coefficient (Wildman–Crippen LogP) is 1.66. The number of nitrogens with one attached hydrogen (secondary N) is 1. The van der Waals surface area contributed by atoms with E-state index < -0.39 is 0 Å². The Bertz CT molecular complexity index is 263. The zero-order chi connectivity index (χ0) is 7.90. The minimum Gasteiger partial charge on any atom is -0.310 e. The molecular formula is C8H12N2S. The van der Waals surface area contributed by atoms with E-state index in [-0.39, 0.29) is 0 Å². The third kappa shape index (κ3) is 1.08. The van der Waals surface area contributed by atoms with Crippen LogP contribution in [0.15, 0.2) is 6.20 Å². The monoisotopic (exact) mass is 168 g/mol. The van der Waals surface area contributed by atoms with E-state index in [1.54, 1.807) is 0 Å². The maximum atomic E-state index is 4.25. The summed E-state index contributed by atoms with van der Waals surface area (Å²) in [6.07, 6.45) is 4.54. The third-order valence-corrected chi connectivity index (χ3v) is 3.44. The first-order valence-corrected chi connectivity index (χ1v) is 4.70. The van der Waals surface area contributed by atoms with Gasteiger partial charge in [-0.2, -0.15) is 0 Å². The fourth-order valence-corrected chi connectivity index (χ4v) is 2.36. The minimum atomic E-state index is 0.311. The fourth-order valence-electron chi connectivity index (χ4n) is 1.33. The van der Waals surface area contributed by atoms with Gasteiger partial charge in [-0.25, -0.2) is 4.98 Å². The fraction of sp³-hybridized carbons (Fsp3) is 0.625. The number of aryl methyl sites for hydroxylation is 1. The molecule has 0 unspecified atom stereocenters. The highest BCUT2D eigenvalue weighted by Crippen LogP contribution is 2.46. The molecule has 1 aliphatic carbocycles. The van der Waals surface area contributed by atoms with E-state index in [1.807, 2.05) is 24.6 Å². The first-order valence-electron chi connectivity index (χ1n) is 3.89. The van der Waals surface area contributed by atoms with E-state index in [4.69, 9.17) is 0 Å². The second-order valence-electron chi connectivity index (χ2n) is 3.08.